The highest BCUT2D eigenvalue weighted by atomic mass is 16.8. The summed E-state index contributed by atoms with van der Waals surface area (Å²) in [5, 5.41) is 120. The minimum atomic E-state index is -1.98. The molecule has 502 valence electrons. The monoisotopic (exact) mass is 1240 g/mol. The van der Waals surface area contributed by atoms with Gasteiger partial charge in [0.15, 0.2) is 18.9 Å². The standard InChI is InChI=1S/C68H117NO18/c1-3-5-7-9-11-13-15-17-19-21-23-24-25-26-28-30-32-34-36-38-40-42-44-46-56(74)69-51(52(73)45-43-41-39-37-35-33-31-29-27-22-20-18-16-14-12-10-8-6-4-2)50-82-66-62(80)59(77)64(54(48-71)84-66)87-68-63(81)60(78)65(55(49-72)85-68)86-67-61(79)58(76)57(75)53(47-70)83-67/h5,7,11,13,17,19,23-24,26,28,32,34,43,45,51-55,57-68,70-73,75-81H,3-4,6,8-10,12,14-16,18,20-22,25,27,29-31,33,35-42,44,46-50H2,1-2H3,(H,69,74)/b7-5-,13-11-,19-17-,24-23-,28-26-,34-32-,45-43+. The van der Waals surface area contributed by atoms with Crippen molar-refractivity contribution in [3.63, 3.8) is 0 Å². The molecule has 17 atom stereocenters. The molecule has 0 saturated carbocycles. The molecule has 17 unspecified atom stereocenters. The van der Waals surface area contributed by atoms with Crippen LogP contribution in [0.15, 0.2) is 85.1 Å². The van der Waals surface area contributed by atoms with Gasteiger partial charge in [-0.2, -0.15) is 0 Å². The first-order chi connectivity index (χ1) is 42.3. The van der Waals surface area contributed by atoms with E-state index in [1.165, 1.54) is 89.9 Å². The molecule has 3 fully saturated rings. The van der Waals surface area contributed by atoms with Gasteiger partial charge < -0.3 is 89.9 Å². The molecule has 3 saturated heterocycles. The summed E-state index contributed by atoms with van der Waals surface area (Å²) in [7, 11) is 0. The number of unbranched alkanes of at least 4 members (excludes halogenated alkanes) is 21. The van der Waals surface area contributed by atoms with Crippen LogP contribution in [0.3, 0.4) is 0 Å². The first-order valence-corrected chi connectivity index (χ1v) is 33.3. The number of ether oxygens (including phenoxy) is 6. The zero-order valence-corrected chi connectivity index (χ0v) is 52.7. The van der Waals surface area contributed by atoms with Crippen molar-refractivity contribution in [2.75, 3.05) is 26.4 Å². The van der Waals surface area contributed by atoms with Gasteiger partial charge in [0.2, 0.25) is 5.91 Å². The second kappa shape index (κ2) is 49.6. The second-order valence-electron chi connectivity index (χ2n) is 23.6. The normalized spacial score (nSPS) is 29.1. The minimum absolute atomic E-state index is 0.209. The van der Waals surface area contributed by atoms with Crippen LogP contribution in [0.2, 0.25) is 0 Å². The van der Waals surface area contributed by atoms with Crippen molar-refractivity contribution in [1.82, 2.24) is 5.32 Å². The van der Waals surface area contributed by atoms with Crippen molar-refractivity contribution in [3.8, 4) is 0 Å². The first kappa shape index (κ1) is 78.2. The van der Waals surface area contributed by atoms with E-state index < -0.39 is 124 Å². The number of nitrogens with one attached hydrogen (secondary N) is 1. The number of hydrogen-bond acceptors (Lipinski definition) is 18. The van der Waals surface area contributed by atoms with Crippen LogP contribution in [-0.4, -0.2) is 193 Å². The topological polar surface area (TPSA) is 307 Å². The molecule has 1 amide bonds. The molecule has 0 radical (unpaired) electrons. The average Bonchev–Trinajstić information content (AvgIpc) is 2.58. The molecule has 87 heavy (non-hydrogen) atoms. The van der Waals surface area contributed by atoms with E-state index in [4.69, 9.17) is 28.4 Å². The molecule has 0 spiro atoms. The fourth-order valence-corrected chi connectivity index (χ4v) is 10.8. The molecular weight excluding hydrogens is 1120 g/mol. The molecule has 19 heteroatoms. The smallest absolute Gasteiger partial charge is 0.220 e. The number of rotatable bonds is 49. The Balaban J connectivity index is 1.48. The van der Waals surface area contributed by atoms with E-state index >= 15 is 0 Å². The first-order valence-electron chi connectivity index (χ1n) is 33.3. The minimum Gasteiger partial charge on any atom is -0.394 e. The maximum absolute atomic E-state index is 13.4. The van der Waals surface area contributed by atoms with Crippen LogP contribution in [0.1, 0.15) is 206 Å². The number of aliphatic hydroxyl groups is 11. The van der Waals surface area contributed by atoms with Gasteiger partial charge in [-0.3, -0.25) is 4.79 Å². The Morgan fingerprint density at radius 3 is 1.24 bits per heavy atom. The summed E-state index contributed by atoms with van der Waals surface area (Å²) < 4.78 is 34.3. The Bertz CT molecular complexity index is 1910. The van der Waals surface area contributed by atoms with Crippen LogP contribution in [0.4, 0.5) is 0 Å². The van der Waals surface area contributed by atoms with E-state index in [0.717, 1.165) is 89.9 Å². The number of allylic oxidation sites excluding steroid dienone is 13. The zero-order chi connectivity index (χ0) is 63.3. The van der Waals surface area contributed by atoms with Crippen LogP contribution in [0.25, 0.3) is 0 Å². The highest BCUT2D eigenvalue weighted by molar-refractivity contribution is 5.76. The summed E-state index contributed by atoms with van der Waals surface area (Å²) in [4.78, 5) is 13.4. The summed E-state index contributed by atoms with van der Waals surface area (Å²) in [5.74, 6) is -0.303. The van der Waals surface area contributed by atoms with Crippen LogP contribution in [0.5, 0.6) is 0 Å². The Kier molecular flexibility index (Phi) is 44.6. The van der Waals surface area contributed by atoms with E-state index in [1.54, 1.807) is 6.08 Å². The highest BCUT2D eigenvalue weighted by Crippen LogP contribution is 2.33. The molecule has 0 aromatic carbocycles. The number of hydrogen-bond donors (Lipinski definition) is 12. The van der Waals surface area contributed by atoms with Gasteiger partial charge in [-0.25, -0.2) is 0 Å². The van der Waals surface area contributed by atoms with E-state index in [1.807, 2.05) is 6.08 Å². The average molecular weight is 1240 g/mol. The predicted molar refractivity (Wildman–Crippen MR) is 337 cm³/mol. The summed E-state index contributed by atoms with van der Waals surface area (Å²) in [6, 6.07) is -0.993. The lowest BCUT2D eigenvalue weighted by Crippen LogP contribution is -2.66. The van der Waals surface area contributed by atoms with E-state index in [2.05, 4.69) is 92.1 Å². The summed E-state index contributed by atoms with van der Waals surface area (Å²) in [5.41, 5.74) is 0. The molecule has 0 aromatic rings. The maximum Gasteiger partial charge on any atom is 0.220 e. The molecule has 12 N–H and O–H groups in total. The Morgan fingerprint density at radius 1 is 0.425 bits per heavy atom. The van der Waals surface area contributed by atoms with Crippen LogP contribution in [-0.2, 0) is 33.2 Å². The van der Waals surface area contributed by atoms with Gasteiger partial charge in [0.25, 0.3) is 0 Å². The molecule has 19 nitrogen and oxygen atoms in total. The van der Waals surface area contributed by atoms with Crippen LogP contribution >= 0.6 is 0 Å². The fraction of sp³-hybridized carbons (Fsp3) is 0.779. The van der Waals surface area contributed by atoms with Gasteiger partial charge in [0.1, 0.15) is 73.2 Å². The SMILES string of the molecule is CC/C=C\C/C=C\C/C=C\C/C=C\C/C=C\C/C=C\CCCCCCC(=O)NC(COC1OC(CO)C(OC2OC(CO)C(OC3OC(CO)C(O)C(O)C3O)C(O)C2O)C(O)C1O)C(O)/C=C/CCCCCCCCCCCCCCCCCCC. The van der Waals surface area contributed by atoms with Crippen molar-refractivity contribution >= 4 is 5.91 Å². The molecule has 3 aliphatic rings. The quantitative estimate of drug-likeness (QED) is 0.0203. The third kappa shape index (κ3) is 32.2. The summed E-state index contributed by atoms with van der Waals surface area (Å²) >= 11 is 0. The maximum atomic E-state index is 13.4. The van der Waals surface area contributed by atoms with Crippen molar-refractivity contribution in [3.05, 3.63) is 85.1 Å². The Morgan fingerprint density at radius 2 is 0.793 bits per heavy atom. The van der Waals surface area contributed by atoms with Gasteiger partial charge in [0, 0.05) is 6.42 Å². The summed E-state index contributed by atoms with van der Waals surface area (Å²) in [6.45, 7) is 1.59. The lowest BCUT2D eigenvalue weighted by Gasteiger charge is -2.48. The number of carbonyl (C=O) groups excluding carboxylic acids is 1. The predicted octanol–water partition coefficient (Wildman–Crippen LogP) is 7.93. The number of carbonyl (C=O) groups is 1. The van der Waals surface area contributed by atoms with E-state index in [9.17, 15) is 61.0 Å². The van der Waals surface area contributed by atoms with Gasteiger partial charge in [-0.1, -0.05) is 214 Å². The van der Waals surface area contributed by atoms with Crippen molar-refractivity contribution in [2.24, 2.45) is 0 Å². The molecule has 3 aliphatic heterocycles. The molecular formula is C68H117NO18. The largest absolute Gasteiger partial charge is 0.394 e. The third-order valence-corrected chi connectivity index (χ3v) is 16.2. The highest BCUT2D eigenvalue weighted by Gasteiger charge is 2.53. The zero-order valence-electron chi connectivity index (χ0n) is 52.7. The van der Waals surface area contributed by atoms with E-state index in [0.29, 0.717) is 6.42 Å². The third-order valence-electron chi connectivity index (χ3n) is 16.2. The fourth-order valence-electron chi connectivity index (χ4n) is 10.8. The van der Waals surface area contributed by atoms with Gasteiger partial charge in [-0.15, -0.1) is 0 Å². The van der Waals surface area contributed by atoms with Gasteiger partial charge >= 0.3 is 0 Å². The Hall–Kier alpha value is -3.03. The summed E-state index contributed by atoms with van der Waals surface area (Å²) in [6.07, 6.45) is 35.4. The van der Waals surface area contributed by atoms with Crippen LogP contribution < -0.4 is 5.32 Å². The molecule has 3 rings (SSSR count). The van der Waals surface area contributed by atoms with Crippen LogP contribution in [0, 0.1) is 0 Å². The lowest BCUT2D eigenvalue weighted by atomic mass is 9.96. The van der Waals surface area contributed by atoms with Crippen molar-refractivity contribution in [2.45, 2.75) is 311 Å². The molecule has 0 aromatic heterocycles. The van der Waals surface area contributed by atoms with Gasteiger partial charge in [-0.05, 0) is 70.6 Å². The molecule has 0 aliphatic carbocycles. The second-order valence-corrected chi connectivity index (χ2v) is 23.6. The number of amides is 1. The Labute approximate surface area is 520 Å². The molecule has 3 heterocycles. The van der Waals surface area contributed by atoms with E-state index in [-0.39, 0.29) is 18.9 Å². The van der Waals surface area contributed by atoms with Gasteiger partial charge in [0.05, 0.1) is 38.6 Å². The number of aliphatic hydroxyl groups excluding tert-OH is 11. The molecule has 0 bridgehead atoms. The van der Waals surface area contributed by atoms with Crippen molar-refractivity contribution in [1.29, 1.82) is 0 Å². The van der Waals surface area contributed by atoms with Crippen molar-refractivity contribution < 1.29 is 89.4 Å². The lowest BCUT2D eigenvalue weighted by molar-refractivity contribution is -0.379.